The molecular formula is C18H26ClFN4O4S. The molecule has 1 aromatic rings. The molecule has 8 nitrogen and oxygen atoms in total. The van der Waals surface area contributed by atoms with Crippen molar-refractivity contribution in [1.82, 2.24) is 9.97 Å². The average molecular weight is 449 g/mol. The van der Waals surface area contributed by atoms with Gasteiger partial charge in [-0.1, -0.05) is 30.3 Å². The SMILES string of the molecule is CCCSc1nc(Cl)c(N)c(N=C2C[C@H](OCC(F)CO)[C@H]3OC(C)(C)O[C@@H]23)n1. The predicted octanol–water partition coefficient (Wildman–Crippen LogP) is 2.93. The van der Waals surface area contributed by atoms with E-state index in [0.717, 1.165) is 12.2 Å². The predicted molar refractivity (Wildman–Crippen MR) is 110 cm³/mol. The Balaban J connectivity index is 1.87. The van der Waals surface area contributed by atoms with E-state index in [-0.39, 0.29) is 23.3 Å². The van der Waals surface area contributed by atoms with Crippen molar-refractivity contribution in [2.45, 2.75) is 69.0 Å². The van der Waals surface area contributed by atoms with Crippen LogP contribution in [0.3, 0.4) is 0 Å². The van der Waals surface area contributed by atoms with Gasteiger partial charge in [-0.25, -0.2) is 19.4 Å². The van der Waals surface area contributed by atoms with Crippen LogP contribution in [0.1, 0.15) is 33.6 Å². The molecule has 1 saturated carbocycles. The molecule has 1 aliphatic carbocycles. The Kier molecular flexibility index (Phi) is 7.34. The zero-order chi connectivity index (χ0) is 21.2. The Hall–Kier alpha value is -1.04. The Bertz CT molecular complexity index is 770. The molecule has 11 heteroatoms. The third-order valence-electron chi connectivity index (χ3n) is 4.47. The van der Waals surface area contributed by atoms with E-state index < -0.39 is 36.9 Å². The van der Waals surface area contributed by atoms with Gasteiger partial charge in [-0.15, -0.1) is 0 Å². The first-order chi connectivity index (χ1) is 13.7. The molecule has 162 valence electrons. The third-order valence-corrected chi connectivity index (χ3v) is 5.81. The molecule has 3 rings (SSSR count). The number of ether oxygens (including phenoxy) is 3. The first-order valence-electron chi connectivity index (χ1n) is 9.49. The fourth-order valence-electron chi connectivity index (χ4n) is 3.19. The van der Waals surface area contributed by atoms with Crippen molar-refractivity contribution in [1.29, 1.82) is 0 Å². The van der Waals surface area contributed by atoms with Gasteiger partial charge in [0.25, 0.3) is 0 Å². The van der Waals surface area contributed by atoms with E-state index in [1.807, 2.05) is 0 Å². The molecule has 0 radical (unpaired) electrons. The zero-order valence-corrected chi connectivity index (χ0v) is 18.2. The average Bonchev–Trinajstić information content (AvgIpc) is 3.15. The van der Waals surface area contributed by atoms with E-state index in [1.165, 1.54) is 11.8 Å². The largest absolute Gasteiger partial charge is 0.393 e. The van der Waals surface area contributed by atoms with Crippen LogP contribution in [-0.2, 0) is 14.2 Å². The number of aliphatic hydroxyl groups is 1. The number of hydrogen-bond donors (Lipinski definition) is 2. The molecular weight excluding hydrogens is 423 g/mol. The summed E-state index contributed by atoms with van der Waals surface area (Å²) in [6.45, 7) is 4.81. The van der Waals surface area contributed by atoms with Crippen molar-refractivity contribution < 1.29 is 23.7 Å². The Labute approximate surface area is 178 Å². The van der Waals surface area contributed by atoms with E-state index in [1.54, 1.807) is 13.8 Å². The van der Waals surface area contributed by atoms with Crippen LogP contribution in [0.25, 0.3) is 0 Å². The molecule has 1 aromatic heterocycles. The van der Waals surface area contributed by atoms with E-state index >= 15 is 0 Å². The Morgan fingerprint density at radius 2 is 2.21 bits per heavy atom. The number of alkyl halides is 1. The lowest BCUT2D eigenvalue weighted by Gasteiger charge is -2.22. The first-order valence-corrected chi connectivity index (χ1v) is 10.9. The maximum absolute atomic E-state index is 13.4. The Morgan fingerprint density at radius 3 is 2.90 bits per heavy atom. The van der Waals surface area contributed by atoms with Crippen LogP contribution in [0.4, 0.5) is 15.9 Å². The number of aromatic nitrogens is 2. The summed E-state index contributed by atoms with van der Waals surface area (Å²) in [6.07, 6.45) is -1.50. The minimum Gasteiger partial charge on any atom is -0.393 e. The number of hydrogen-bond acceptors (Lipinski definition) is 9. The van der Waals surface area contributed by atoms with Gasteiger partial charge in [0.15, 0.2) is 21.9 Å². The summed E-state index contributed by atoms with van der Waals surface area (Å²) in [5.74, 6) is 0.281. The van der Waals surface area contributed by atoms with Crippen LogP contribution < -0.4 is 5.73 Å². The molecule has 0 bridgehead atoms. The molecule has 29 heavy (non-hydrogen) atoms. The standard InChI is InChI=1S/C18H26ClFN4O4S/c1-4-5-29-17-23-15(19)12(21)16(24-17)22-10-6-11(26-8-9(20)7-25)14-13(10)27-18(2,3)28-14/h9,11,13-14,25H,4-8,21H2,1-3H3/t9?,11-,13-,14+/m0/s1. The molecule has 0 aromatic carbocycles. The van der Waals surface area contributed by atoms with Gasteiger partial charge in [0, 0.05) is 12.2 Å². The van der Waals surface area contributed by atoms with Gasteiger partial charge in [0.2, 0.25) is 0 Å². The van der Waals surface area contributed by atoms with Gasteiger partial charge >= 0.3 is 0 Å². The van der Waals surface area contributed by atoms with Crippen molar-refractivity contribution in [2.24, 2.45) is 4.99 Å². The van der Waals surface area contributed by atoms with Crippen LogP contribution in [0.15, 0.2) is 10.1 Å². The molecule has 0 amide bonds. The molecule has 2 heterocycles. The molecule has 2 fully saturated rings. The molecule has 4 atom stereocenters. The van der Waals surface area contributed by atoms with Crippen LogP contribution in [-0.4, -0.2) is 70.0 Å². The lowest BCUT2D eigenvalue weighted by molar-refractivity contribution is -0.161. The van der Waals surface area contributed by atoms with Crippen molar-refractivity contribution in [3.05, 3.63) is 5.15 Å². The summed E-state index contributed by atoms with van der Waals surface area (Å²) in [6, 6.07) is 0. The van der Waals surface area contributed by atoms with Crippen LogP contribution >= 0.6 is 23.4 Å². The summed E-state index contributed by atoms with van der Waals surface area (Å²) in [5.41, 5.74) is 6.87. The van der Waals surface area contributed by atoms with Crippen molar-refractivity contribution in [3.8, 4) is 0 Å². The second-order valence-corrected chi connectivity index (χ2v) is 8.78. The van der Waals surface area contributed by atoms with Gasteiger partial charge in [-0.05, 0) is 20.3 Å². The first kappa shape index (κ1) is 22.6. The lowest BCUT2D eigenvalue weighted by atomic mass is 10.2. The highest BCUT2D eigenvalue weighted by Crippen LogP contribution is 2.40. The van der Waals surface area contributed by atoms with Gasteiger partial charge < -0.3 is 25.1 Å². The number of nitrogens with zero attached hydrogens (tertiary/aromatic N) is 3. The smallest absolute Gasteiger partial charge is 0.191 e. The topological polar surface area (TPSA) is 112 Å². The number of nitrogens with two attached hydrogens (primary N) is 1. The maximum Gasteiger partial charge on any atom is 0.191 e. The number of anilines is 1. The highest BCUT2D eigenvalue weighted by atomic mass is 35.5. The molecule has 1 saturated heterocycles. The Morgan fingerprint density at radius 1 is 1.45 bits per heavy atom. The van der Waals surface area contributed by atoms with E-state index in [4.69, 9.17) is 36.7 Å². The summed E-state index contributed by atoms with van der Waals surface area (Å²) >= 11 is 7.64. The fraction of sp³-hybridized carbons (Fsp3) is 0.722. The second-order valence-electron chi connectivity index (χ2n) is 7.36. The van der Waals surface area contributed by atoms with Gasteiger partial charge in [0.1, 0.15) is 24.1 Å². The van der Waals surface area contributed by atoms with Crippen LogP contribution in [0, 0.1) is 0 Å². The van der Waals surface area contributed by atoms with Gasteiger partial charge in [-0.2, -0.15) is 0 Å². The quantitative estimate of drug-likeness (QED) is 0.354. The monoisotopic (exact) mass is 448 g/mol. The van der Waals surface area contributed by atoms with Crippen molar-refractivity contribution in [2.75, 3.05) is 24.7 Å². The lowest BCUT2D eigenvalue weighted by Crippen LogP contribution is -2.32. The fourth-order valence-corrected chi connectivity index (χ4v) is 4.10. The zero-order valence-electron chi connectivity index (χ0n) is 16.6. The number of fused-ring (bicyclic) bond motifs is 1. The molecule has 0 spiro atoms. The van der Waals surface area contributed by atoms with Crippen molar-refractivity contribution >= 4 is 40.6 Å². The number of thioether (sulfide) groups is 1. The normalized spacial score (nSPS) is 28.1. The summed E-state index contributed by atoms with van der Waals surface area (Å²) in [4.78, 5) is 13.2. The van der Waals surface area contributed by atoms with E-state index in [2.05, 4.69) is 21.9 Å². The third kappa shape index (κ3) is 5.36. The minimum atomic E-state index is -1.46. The van der Waals surface area contributed by atoms with E-state index in [9.17, 15) is 4.39 Å². The van der Waals surface area contributed by atoms with Crippen molar-refractivity contribution in [3.63, 3.8) is 0 Å². The number of rotatable bonds is 8. The highest BCUT2D eigenvalue weighted by Gasteiger charge is 2.53. The second kappa shape index (κ2) is 9.40. The maximum atomic E-state index is 13.4. The van der Waals surface area contributed by atoms with Crippen LogP contribution in [0.2, 0.25) is 5.15 Å². The highest BCUT2D eigenvalue weighted by molar-refractivity contribution is 7.99. The number of halogens is 2. The van der Waals surface area contributed by atoms with Gasteiger partial charge in [-0.3, -0.25) is 0 Å². The van der Waals surface area contributed by atoms with Crippen LogP contribution in [0.5, 0.6) is 0 Å². The number of aliphatic imine (C=N–C) groups is 1. The van der Waals surface area contributed by atoms with Gasteiger partial charge in [0.05, 0.1) is 25.0 Å². The summed E-state index contributed by atoms with van der Waals surface area (Å²) in [5, 5.41) is 9.54. The number of nitrogen functional groups attached to an aromatic ring is 1. The van der Waals surface area contributed by atoms with E-state index in [0.29, 0.717) is 17.3 Å². The molecule has 2 aliphatic rings. The molecule has 1 unspecified atom stereocenters. The minimum absolute atomic E-state index is 0.146. The molecule has 3 N–H and O–H groups in total. The number of aliphatic hydroxyl groups excluding tert-OH is 1. The summed E-state index contributed by atoms with van der Waals surface area (Å²) in [7, 11) is 0. The summed E-state index contributed by atoms with van der Waals surface area (Å²) < 4.78 is 31.0. The molecule has 1 aliphatic heterocycles.